The summed E-state index contributed by atoms with van der Waals surface area (Å²) in [6.45, 7) is 9.20. The molecule has 0 radical (unpaired) electrons. The quantitative estimate of drug-likeness (QED) is 0.751. The molecule has 0 unspecified atom stereocenters. The Morgan fingerprint density at radius 1 is 1.38 bits per heavy atom. The fourth-order valence-electron chi connectivity index (χ4n) is 1.35. The number of ether oxygens (including phenoxy) is 2. The number of rotatable bonds is 6. The summed E-state index contributed by atoms with van der Waals surface area (Å²) < 4.78 is 11.2. The van der Waals surface area contributed by atoms with Gasteiger partial charge in [-0.25, -0.2) is 0 Å². The van der Waals surface area contributed by atoms with Gasteiger partial charge in [0, 0.05) is 12.1 Å². The predicted molar refractivity (Wildman–Crippen MR) is 65.8 cm³/mol. The van der Waals surface area contributed by atoms with Gasteiger partial charge in [-0.15, -0.1) is 0 Å². The first kappa shape index (κ1) is 12.6. The van der Waals surface area contributed by atoms with Crippen LogP contribution < -0.4 is 15.2 Å². The molecule has 0 spiro atoms. The molecule has 0 aliphatic heterocycles. The van der Waals surface area contributed by atoms with Crippen LogP contribution in [0.3, 0.4) is 0 Å². The highest BCUT2D eigenvalue weighted by Crippen LogP contribution is 2.31. The summed E-state index contributed by atoms with van der Waals surface area (Å²) >= 11 is 0. The monoisotopic (exact) mass is 221 g/mol. The van der Waals surface area contributed by atoms with E-state index in [1.165, 1.54) is 0 Å². The minimum atomic E-state index is 0.437. The Kier molecular flexibility index (Phi) is 4.86. The van der Waals surface area contributed by atoms with Gasteiger partial charge >= 0.3 is 0 Å². The Bertz CT molecular complexity index is 361. The molecule has 3 nitrogen and oxygen atoms in total. The lowest BCUT2D eigenvalue weighted by Gasteiger charge is -2.15. The zero-order chi connectivity index (χ0) is 12.0. The van der Waals surface area contributed by atoms with Gasteiger partial charge in [0.15, 0.2) is 11.5 Å². The van der Waals surface area contributed by atoms with Gasteiger partial charge in [-0.3, -0.25) is 0 Å². The van der Waals surface area contributed by atoms with Crippen LogP contribution >= 0.6 is 0 Å². The van der Waals surface area contributed by atoms with E-state index in [0.717, 1.165) is 22.6 Å². The molecule has 16 heavy (non-hydrogen) atoms. The summed E-state index contributed by atoms with van der Waals surface area (Å²) in [5, 5.41) is 0. The van der Waals surface area contributed by atoms with E-state index in [2.05, 4.69) is 6.58 Å². The lowest BCUT2D eigenvalue weighted by atomic mass is 10.2. The third kappa shape index (κ3) is 3.28. The molecule has 0 heterocycles. The molecule has 2 N–H and O–H groups in total. The van der Waals surface area contributed by atoms with Crippen LogP contribution in [0.2, 0.25) is 0 Å². The maximum atomic E-state index is 5.67. The van der Waals surface area contributed by atoms with Gasteiger partial charge in [-0.05, 0) is 25.5 Å². The van der Waals surface area contributed by atoms with E-state index < -0.39 is 0 Å². The SMILES string of the molecule is C=C(C)COc1c(CN)cccc1OCC. The molecule has 0 amide bonds. The molecule has 0 bridgehead atoms. The normalized spacial score (nSPS) is 9.94. The van der Waals surface area contributed by atoms with Crippen LogP contribution in [0.25, 0.3) is 0 Å². The molecule has 0 aliphatic rings. The zero-order valence-electron chi connectivity index (χ0n) is 9.95. The van der Waals surface area contributed by atoms with Crippen molar-refractivity contribution < 1.29 is 9.47 Å². The van der Waals surface area contributed by atoms with E-state index in [1.807, 2.05) is 32.0 Å². The summed E-state index contributed by atoms with van der Waals surface area (Å²) in [7, 11) is 0. The van der Waals surface area contributed by atoms with Crippen LogP contribution in [0.1, 0.15) is 19.4 Å². The van der Waals surface area contributed by atoms with Crippen molar-refractivity contribution in [2.45, 2.75) is 20.4 Å². The van der Waals surface area contributed by atoms with Crippen molar-refractivity contribution >= 4 is 0 Å². The zero-order valence-corrected chi connectivity index (χ0v) is 9.95. The van der Waals surface area contributed by atoms with E-state index in [9.17, 15) is 0 Å². The molecule has 1 aromatic rings. The van der Waals surface area contributed by atoms with Gasteiger partial charge in [0.05, 0.1) is 6.61 Å². The number of hydrogen-bond acceptors (Lipinski definition) is 3. The Morgan fingerprint density at radius 3 is 2.69 bits per heavy atom. The fourth-order valence-corrected chi connectivity index (χ4v) is 1.35. The molecule has 88 valence electrons. The highest BCUT2D eigenvalue weighted by atomic mass is 16.5. The first-order chi connectivity index (χ1) is 7.69. The smallest absolute Gasteiger partial charge is 0.166 e. The predicted octanol–water partition coefficient (Wildman–Crippen LogP) is 2.50. The van der Waals surface area contributed by atoms with Gasteiger partial charge in [-0.2, -0.15) is 0 Å². The Morgan fingerprint density at radius 2 is 2.12 bits per heavy atom. The fraction of sp³-hybridized carbons (Fsp3) is 0.385. The van der Waals surface area contributed by atoms with Crippen LogP contribution in [-0.2, 0) is 6.54 Å². The number of nitrogens with two attached hydrogens (primary N) is 1. The van der Waals surface area contributed by atoms with E-state index in [1.54, 1.807) is 0 Å². The van der Waals surface area contributed by atoms with Crippen LogP contribution in [-0.4, -0.2) is 13.2 Å². The minimum Gasteiger partial charge on any atom is -0.490 e. The van der Waals surface area contributed by atoms with Gasteiger partial charge in [-0.1, -0.05) is 18.7 Å². The Labute approximate surface area is 96.9 Å². The van der Waals surface area contributed by atoms with E-state index in [-0.39, 0.29) is 0 Å². The molecule has 1 aromatic carbocycles. The van der Waals surface area contributed by atoms with E-state index in [4.69, 9.17) is 15.2 Å². The highest BCUT2D eigenvalue weighted by Gasteiger charge is 2.09. The first-order valence-electron chi connectivity index (χ1n) is 5.41. The molecule has 1 rings (SSSR count). The van der Waals surface area contributed by atoms with Crippen molar-refractivity contribution in [3.63, 3.8) is 0 Å². The standard InChI is InChI=1S/C13H19NO2/c1-4-15-12-7-5-6-11(8-14)13(12)16-9-10(2)3/h5-7H,2,4,8-9,14H2,1,3H3. The summed E-state index contributed by atoms with van der Waals surface area (Å²) in [5.41, 5.74) is 7.58. The highest BCUT2D eigenvalue weighted by molar-refractivity contribution is 5.46. The molecule has 0 aliphatic carbocycles. The van der Waals surface area contributed by atoms with E-state index >= 15 is 0 Å². The van der Waals surface area contributed by atoms with Gasteiger partial charge < -0.3 is 15.2 Å². The Hall–Kier alpha value is -1.48. The second-order valence-electron chi connectivity index (χ2n) is 3.63. The van der Waals surface area contributed by atoms with Crippen molar-refractivity contribution in [1.82, 2.24) is 0 Å². The molecular weight excluding hydrogens is 202 g/mol. The third-order valence-corrected chi connectivity index (χ3v) is 2.04. The number of hydrogen-bond donors (Lipinski definition) is 1. The average molecular weight is 221 g/mol. The summed E-state index contributed by atoms with van der Waals surface area (Å²) in [6.07, 6.45) is 0. The van der Waals surface area contributed by atoms with Crippen molar-refractivity contribution in [2.75, 3.05) is 13.2 Å². The molecule has 0 atom stereocenters. The Balaban J connectivity index is 2.94. The molecule has 3 heteroatoms. The summed E-state index contributed by atoms with van der Waals surface area (Å²) in [4.78, 5) is 0. The molecule has 0 saturated heterocycles. The maximum absolute atomic E-state index is 5.67. The third-order valence-electron chi connectivity index (χ3n) is 2.04. The van der Waals surface area contributed by atoms with E-state index in [0.29, 0.717) is 19.8 Å². The summed E-state index contributed by atoms with van der Waals surface area (Å²) in [6, 6.07) is 5.74. The van der Waals surface area contributed by atoms with Gasteiger partial charge in [0.2, 0.25) is 0 Å². The average Bonchev–Trinajstić information content (AvgIpc) is 2.27. The van der Waals surface area contributed by atoms with Gasteiger partial charge in [0.1, 0.15) is 6.61 Å². The summed E-state index contributed by atoms with van der Waals surface area (Å²) in [5.74, 6) is 1.47. The molecule has 0 aromatic heterocycles. The first-order valence-corrected chi connectivity index (χ1v) is 5.41. The number of para-hydroxylation sites is 1. The molecule has 0 fully saturated rings. The second kappa shape index (κ2) is 6.18. The van der Waals surface area contributed by atoms with Crippen LogP contribution in [0.15, 0.2) is 30.4 Å². The topological polar surface area (TPSA) is 44.5 Å². The lowest BCUT2D eigenvalue weighted by Crippen LogP contribution is -2.06. The second-order valence-corrected chi connectivity index (χ2v) is 3.63. The maximum Gasteiger partial charge on any atom is 0.166 e. The van der Waals surface area contributed by atoms with Crippen molar-refractivity contribution in [3.05, 3.63) is 35.9 Å². The lowest BCUT2D eigenvalue weighted by molar-refractivity contribution is 0.291. The van der Waals surface area contributed by atoms with Crippen LogP contribution in [0.4, 0.5) is 0 Å². The molecule has 0 saturated carbocycles. The van der Waals surface area contributed by atoms with Crippen molar-refractivity contribution in [3.8, 4) is 11.5 Å². The molecular formula is C13H19NO2. The van der Waals surface area contributed by atoms with Crippen molar-refractivity contribution in [2.24, 2.45) is 5.73 Å². The van der Waals surface area contributed by atoms with Crippen LogP contribution in [0, 0.1) is 0 Å². The van der Waals surface area contributed by atoms with Crippen LogP contribution in [0.5, 0.6) is 11.5 Å². The largest absolute Gasteiger partial charge is 0.490 e. The number of benzene rings is 1. The van der Waals surface area contributed by atoms with Gasteiger partial charge in [0.25, 0.3) is 0 Å². The van der Waals surface area contributed by atoms with Crippen molar-refractivity contribution in [1.29, 1.82) is 0 Å². The minimum absolute atomic E-state index is 0.437.